The Morgan fingerprint density at radius 2 is 1.74 bits per heavy atom. The minimum atomic E-state index is -4.84. The molecule has 0 aliphatic carbocycles. The van der Waals surface area contributed by atoms with Crippen molar-refractivity contribution in [2.24, 2.45) is 0 Å². The number of ketones is 1. The maximum atomic E-state index is 12.6. The lowest BCUT2D eigenvalue weighted by molar-refractivity contribution is -0.274. The molecule has 12 heteroatoms. The molecule has 0 aliphatic heterocycles. The highest BCUT2D eigenvalue weighted by Crippen LogP contribution is 2.24. The van der Waals surface area contributed by atoms with Gasteiger partial charge in [0, 0.05) is 18.7 Å². The summed E-state index contributed by atoms with van der Waals surface area (Å²) in [5.74, 6) is -0.584. The van der Waals surface area contributed by atoms with Crippen molar-refractivity contribution in [1.82, 2.24) is 9.71 Å². The van der Waals surface area contributed by atoms with Crippen LogP contribution in [-0.2, 0) is 10.0 Å². The fourth-order valence-electron chi connectivity index (χ4n) is 2.98. The molecule has 2 aromatic carbocycles. The number of aryl methyl sites for hydroxylation is 1. The van der Waals surface area contributed by atoms with Gasteiger partial charge in [0.2, 0.25) is 15.8 Å². The number of halogens is 3. The van der Waals surface area contributed by atoms with Crippen molar-refractivity contribution < 1.29 is 31.1 Å². The topological polar surface area (TPSA) is 97.4 Å². The monoisotopic (exact) mass is 513 g/mol. The van der Waals surface area contributed by atoms with Crippen LogP contribution in [0.1, 0.15) is 33.6 Å². The van der Waals surface area contributed by atoms with Crippen LogP contribution in [0, 0.1) is 6.92 Å². The Morgan fingerprint density at radius 3 is 2.41 bits per heavy atom. The lowest BCUT2D eigenvalue weighted by atomic mass is 10.0. The van der Waals surface area contributed by atoms with E-state index in [1.165, 1.54) is 17.5 Å². The molecule has 3 rings (SSSR count). The first-order valence-corrected chi connectivity index (χ1v) is 12.5. The molecule has 182 valence electrons. The molecule has 0 radical (unpaired) electrons. The molecule has 34 heavy (non-hydrogen) atoms. The molecular weight excluding hydrogens is 491 g/mol. The number of carbonyl (C=O) groups is 1. The summed E-state index contributed by atoms with van der Waals surface area (Å²) in [7, 11) is -3.85. The number of alkyl halides is 3. The second-order valence-electron chi connectivity index (χ2n) is 7.22. The largest absolute Gasteiger partial charge is 0.573 e. The van der Waals surface area contributed by atoms with E-state index in [-0.39, 0.29) is 17.2 Å². The number of thiazole rings is 1. The van der Waals surface area contributed by atoms with Crippen LogP contribution in [0.25, 0.3) is 0 Å². The zero-order valence-corrected chi connectivity index (χ0v) is 19.7. The molecule has 3 aromatic rings. The first kappa shape index (κ1) is 25.7. The van der Waals surface area contributed by atoms with Crippen molar-refractivity contribution in [3.63, 3.8) is 0 Å². The van der Waals surface area contributed by atoms with Gasteiger partial charge in [-0.25, -0.2) is 18.1 Å². The smallest absolute Gasteiger partial charge is 0.406 e. The number of sulfonamides is 1. The van der Waals surface area contributed by atoms with E-state index in [2.05, 4.69) is 19.8 Å². The maximum Gasteiger partial charge on any atom is 0.573 e. The highest BCUT2D eigenvalue weighted by atomic mass is 32.2. The highest BCUT2D eigenvalue weighted by Gasteiger charge is 2.31. The number of carbonyl (C=O) groups excluding carboxylic acids is 1. The lowest BCUT2D eigenvalue weighted by Crippen LogP contribution is -2.25. The second-order valence-corrected chi connectivity index (χ2v) is 10.0. The quantitative estimate of drug-likeness (QED) is 0.284. The van der Waals surface area contributed by atoms with Gasteiger partial charge in [-0.2, -0.15) is 0 Å². The third-order valence-corrected chi connectivity index (χ3v) is 7.09. The Bertz CT molecular complexity index is 1230. The summed E-state index contributed by atoms with van der Waals surface area (Å²) in [6.07, 6.45) is -2.17. The summed E-state index contributed by atoms with van der Waals surface area (Å²) in [6, 6.07) is 11.3. The van der Waals surface area contributed by atoms with E-state index < -0.39 is 22.1 Å². The number of benzene rings is 2. The summed E-state index contributed by atoms with van der Waals surface area (Å²) in [5, 5.41) is 3.71. The second kappa shape index (κ2) is 11.0. The molecule has 1 heterocycles. The number of nitrogens with zero attached hydrogens (tertiary/aromatic N) is 1. The van der Waals surface area contributed by atoms with E-state index >= 15 is 0 Å². The Kier molecular flexibility index (Phi) is 8.28. The predicted octanol–water partition coefficient (Wildman–Crippen LogP) is 4.75. The molecule has 0 fully saturated rings. The Hall–Kier alpha value is -2.96. The molecule has 2 N–H and O–H groups in total. The van der Waals surface area contributed by atoms with Crippen LogP contribution in [-0.4, -0.2) is 38.6 Å². The van der Waals surface area contributed by atoms with Gasteiger partial charge in [0.15, 0.2) is 5.13 Å². The van der Waals surface area contributed by atoms with Gasteiger partial charge in [-0.05, 0) is 49.6 Å². The average Bonchev–Trinajstić information content (AvgIpc) is 3.24. The van der Waals surface area contributed by atoms with Gasteiger partial charge in [0.25, 0.3) is 0 Å². The van der Waals surface area contributed by atoms with Gasteiger partial charge in [0.1, 0.15) is 5.75 Å². The van der Waals surface area contributed by atoms with Gasteiger partial charge in [-0.3, -0.25) is 4.79 Å². The van der Waals surface area contributed by atoms with E-state index in [0.29, 0.717) is 35.0 Å². The molecule has 0 atom stereocenters. The van der Waals surface area contributed by atoms with E-state index in [9.17, 15) is 26.4 Å². The van der Waals surface area contributed by atoms with E-state index in [1.807, 2.05) is 25.1 Å². The molecule has 0 saturated heterocycles. The lowest BCUT2D eigenvalue weighted by Gasteiger charge is -2.10. The summed E-state index contributed by atoms with van der Waals surface area (Å²) >= 11 is 1.25. The van der Waals surface area contributed by atoms with Gasteiger partial charge in [-0.1, -0.05) is 35.6 Å². The molecule has 0 aliphatic rings. The zero-order chi connectivity index (χ0) is 24.8. The van der Waals surface area contributed by atoms with Crippen molar-refractivity contribution >= 4 is 32.3 Å². The van der Waals surface area contributed by atoms with Gasteiger partial charge < -0.3 is 10.1 Å². The Labute approximate surface area is 199 Å². The average molecular weight is 514 g/mol. The number of hydrogen-bond donors (Lipinski definition) is 2. The van der Waals surface area contributed by atoms with Crippen LogP contribution in [0.15, 0.2) is 59.6 Å². The standard InChI is InChI=1S/C22H22F3N3O4S2/c1-15-6-2-3-7-18(15)20(29)19-14-27-21(33-19)26-12-4-5-13-28-34(30,31)17-10-8-16(9-11-17)32-22(23,24)25/h2-3,6-11,14,28H,4-5,12-13H2,1H3,(H,26,27). The van der Waals surface area contributed by atoms with Gasteiger partial charge in [-0.15, -0.1) is 13.2 Å². The normalized spacial score (nSPS) is 11.9. The van der Waals surface area contributed by atoms with Crippen LogP contribution in [0.3, 0.4) is 0 Å². The van der Waals surface area contributed by atoms with Crippen molar-refractivity contribution in [1.29, 1.82) is 0 Å². The zero-order valence-electron chi connectivity index (χ0n) is 18.1. The summed E-state index contributed by atoms with van der Waals surface area (Å²) in [6.45, 7) is 2.55. The summed E-state index contributed by atoms with van der Waals surface area (Å²) in [5.41, 5.74) is 1.52. The predicted molar refractivity (Wildman–Crippen MR) is 123 cm³/mol. The minimum absolute atomic E-state index is 0.0870. The van der Waals surface area contributed by atoms with Crippen LogP contribution < -0.4 is 14.8 Å². The highest BCUT2D eigenvalue weighted by molar-refractivity contribution is 7.89. The fraction of sp³-hybridized carbons (Fsp3) is 0.273. The first-order valence-electron chi connectivity index (χ1n) is 10.2. The van der Waals surface area contributed by atoms with E-state index in [1.54, 1.807) is 6.07 Å². The maximum absolute atomic E-state index is 12.6. The molecule has 0 spiro atoms. The summed E-state index contributed by atoms with van der Waals surface area (Å²) < 4.78 is 67.3. The van der Waals surface area contributed by atoms with Crippen LogP contribution >= 0.6 is 11.3 Å². The van der Waals surface area contributed by atoms with Crippen LogP contribution in [0.2, 0.25) is 0 Å². The van der Waals surface area contributed by atoms with Crippen molar-refractivity contribution in [3.05, 3.63) is 70.7 Å². The molecule has 1 aromatic heterocycles. The summed E-state index contributed by atoms with van der Waals surface area (Å²) in [4.78, 5) is 17.2. The molecular formula is C22H22F3N3O4S2. The number of rotatable bonds is 11. The van der Waals surface area contributed by atoms with Crippen molar-refractivity contribution in [2.75, 3.05) is 18.4 Å². The van der Waals surface area contributed by atoms with E-state index in [0.717, 1.165) is 29.8 Å². The molecule has 0 bridgehead atoms. The van der Waals surface area contributed by atoms with Crippen molar-refractivity contribution in [2.45, 2.75) is 31.0 Å². The third-order valence-electron chi connectivity index (χ3n) is 4.66. The van der Waals surface area contributed by atoms with Crippen LogP contribution in [0.4, 0.5) is 18.3 Å². The third kappa shape index (κ3) is 7.27. The minimum Gasteiger partial charge on any atom is -0.406 e. The SMILES string of the molecule is Cc1ccccc1C(=O)c1cnc(NCCCCNS(=O)(=O)c2ccc(OC(F)(F)F)cc2)s1. The Morgan fingerprint density at radius 1 is 1.06 bits per heavy atom. The molecule has 0 amide bonds. The van der Waals surface area contributed by atoms with Gasteiger partial charge in [0.05, 0.1) is 16.0 Å². The van der Waals surface area contributed by atoms with Crippen molar-refractivity contribution in [3.8, 4) is 5.75 Å². The number of hydrogen-bond acceptors (Lipinski definition) is 7. The Balaban J connectivity index is 1.41. The number of ether oxygens (including phenoxy) is 1. The molecule has 0 saturated carbocycles. The number of anilines is 1. The number of aromatic nitrogens is 1. The fourth-order valence-corrected chi connectivity index (χ4v) is 4.85. The first-order chi connectivity index (χ1) is 16.0. The molecule has 0 unspecified atom stereocenters. The number of unbranched alkanes of at least 4 members (excludes halogenated alkanes) is 1. The molecule has 7 nitrogen and oxygen atoms in total. The van der Waals surface area contributed by atoms with Crippen LogP contribution in [0.5, 0.6) is 5.75 Å². The van der Waals surface area contributed by atoms with E-state index in [4.69, 9.17) is 0 Å². The number of nitrogens with one attached hydrogen (secondary N) is 2. The van der Waals surface area contributed by atoms with Gasteiger partial charge >= 0.3 is 6.36 Å².